The summed E-state index contributed by atoms with van der Waals surface area (Å²) in [4.78, 5) is 12.0. The molecule has 0 aliphatic carbocycles. The van der Waals surface area contributed by atoms with Crippen LogP contribution in [-0.2, 0) is 4.79 Å². The summed E-state index contributed by atoms with van der Waals surface area (Å²) < 4.78 is 5.63. The SMILES string of the molecule is CCCCCC[C@@H](C)NC(=O)CSc1nnc(-c2cccc(C)c2)o1. The minimum Gasteiger partial charge on any atom is -0.411 e. The first-order valence-corrected chi connectivity index (χ1v) is 9.89. The first-order valence-electron chi connectivity index (χ1n) is 8.91. The van der Waals surface area contributed by atoms with E-state index in [4.69, 9.17) is 4.42 Å². The molecule has 25 heavy (non-hydrogen) atoms. The van der Waals surface area contributed by atoms with E-state index in [0.717, 1.165) is 24.0 Å². The molecule has 0 bridgehead atoms. The second kappa shape index (κ2) is 10.2. The van der Waals surface area contributed by atoms with Gasteiger partial charge < -0.3 is 9.73 Å². The highest BCUT2D eigenvalue weighted by atomic mass is 32.2. The molecule has 1 amide bonds. The molecule has 136 valence electrons. The Labute approximate surface area is 154 Å². The molecular weight excluding hydrogens is 334 g/mol. The van der Waals surface area contributed by atoms with Crippen molar-refractivity contribution in [2.75, 3.05) is 5.75 Å². The summed E-state index contributed by atoms with van der Waals surface area (Å²) in [7, 11) is 0. The van der Waals surface area contributed by atoms with Gasteiger partial charge in [0.2, 0.25) is 11.8 Å². The third-order valence-corrected chi connectivity index (χ3v) is 4.71. The van der Waals surface area contributed by atoms with Gasteiger partial charge in [0.15, 0.2) is 0 Å². The Morgan fingerprint density at radius 3 is 2.88 bits per heavy atom. The van der Waals surface area contributed by atoms with Gasteiger partial charge in [-0.1, -0.05) is 62.1 Å². The van der Waals surface area contributed by atoms with Gasteiger partial charge in [0.1, 0.15) is 0 Å². The van der Waals surface area contributed by atoms with Gasteiger partial charge in [0.05, 0.1) is 5.75 Å². The Hall–Kier alpha value is -1.82. The average molecular weight is 362 g/mol. The van der Waals surface area contributed by atoms with Crippen molar-refractivity contribution >= 4 is 17.7 Å². The summed E-state index contributed by atoms with van der Waals surface area (Å²) in [6.07, 6.45) is 5.90. The Morgan fingerprint density at radius 2 is 2.12 bits per heavy atom. The molecular formula is C19H27N3O2S. The molecule has 0 saturated carbocycles. The van der Waals surface area contributed by atoms with Crippen LogP contribution >= 0.6 is 11.8 Å². The number of amides is 1. The number of carbonyl (C=O) groups is 1. The minimum absolute atomic E-state index is 0.00305. The second-order valence-corrected chi connectivity index (χ2v) is 7.28. The van der Waals surface area contributed by atoms with Gasteiger partial charge in [-0.25, -0.2) is 0 Å². The lowest BCUT2D eigenvalue weighted by atomic mass is 10.1. The Kier molecular flexibility index (Phi) is 7.98. The molecule has 0 radical (unpaired) electrons. The molecule has 0 spiro atoms. The van der Waals surface area contributed by atoms with Crippen LogP contribution < -0.4 is 5.32 Å². The molecule has 6 heteroatoms. The van der Waals surface area contributed by atoms with E-state index in [0.29, 0.717) is 11.1 Å². The summed E-state index contributed by atoms with van der Waals surface area (Å²) in [5.41, 5.74) is 2.03. The summed E-state index contributed by atoms with van der Waals surface area (Å²) in [5.74, 6) is 0.772. The molecule has 1 aromatic heterocycles. The highest BCUT2D eigenvalue weighted by molar-refractivity contribution is 7.99. The van der Waals surface area contributed by atoms with Crippen LogP contribution in [0.25, 0.3) is 11.5 Å². The number of nitrogens with one attached hydrogen (secondary N) is 1. The Bertz CT molecular complexity index is 672. The number of hydrogen-bond acceptors (Lipinski definition) is 5. The molecule has 0 unspecified atom stereocenters. The molecule has 0 saturated heterocycles. The highest BCUT2D eigenvalue weighted by Crippen LogP contribution is 2.23. The van der Waals surface area contributed by atoms with Crippen LogP contribution in [0.5, 0.6) is 0 Å². The lowest BCUT2D eigenvalue weighted by Crippen LogP contribution is -2.33. The zero-order valence-corrected chi connectivity index (χ0v) is 16.1. The van der Waals surface area contributed by atoms with E-state index in [1.807, 2.05) is 31.2 Å². The van der Waals surface area contributed by atoms with Crippen molar-refractivity contribution in [2.45, 2.75) is 64.1 Å². The number of aromatic nitrogens is 2. The number of benzene rings is 1. The van der Waals surface area contributed by atoms with Crippen molar-refractivity contribution < 1.29 is 9.21 Å². The van der Waals surface area contributed by atoms with E-state index >= 15 is 0 Å². The minimum atomic E-state index is 0.00305. The van der Waals surface area contributed by atoms with E-state index in [9.17, 15) is 4.79 Å². The highest BCUT2D eigenvalue weighted by Gasteiger charge is 2.12. The van der Waals surface area contributed by atoms with Gasteiger partial charge >= 0.3 is 0 Å². The molecule has 1 atom stereocenters. The maximum atomic E-state index is 12.0. The van der Waals surface area contributed by atoms with Crippen LogP contribution in [0.1, 0.15) is 51.5 Å². The standard InChI is InChI=1S/C19H27N3O2S/c1-4-5-6-7-10-15(3)20-17(23)13-25-19-22-21-18(24-19)16-11-8-9-14(2)12-16/h8-9,11-12,15H,4-7,10,13H2,1-3H3,(H,20,23)/t15-/m1/s1. The van der Waals surface area contributed by atoms with E-state index in [1.54, 1.807) is 0 Å². The lowest BCUT2D eigenvalue weighted by Gasteiger charge is -2.13. The van der Waals surface area contributed by atoms with Gasteiger partial charge in [0, 0.05) is 11.6 Å². The zero-order chi connectivity index (χ0) is 18.1. The van der Waals surface area contributed by atoms with Crippen molar-refractivity contribution in [3.8, 4) is 11.5 Å². The van der Waals surface area contributed by atoms with E-state index < -0.39 is 0 Å². The number of unbranched alkanes of at least 4 members (excludes halogenated alkanes) is 3. The molecule has 5 nitrogen and oxygen atoms in total. The number of thioether (sulfide) groups is 1. The van der Waals surface area contributed by atoms with Crippen molar-refractivity contribution in [3.05, 3.63) is 29.8 Å². The molecule has 0 aliphatic rings. The molecule has 1 N–H and O–H groups in total. The topological polar surface area (TPSA) is 68.0 Å². The smallest absolute Gasteiger partial charge is 0.277 e. The van der Waals surface area contributed by atoms with Gasteiger partial charge in [-0.05, 0) is 32.4 Å². The third kappa shape index (κ3) is 6.90. The average Bonchev–Trinajstić information content (AvgIpc) is 3.06. The number of rotatable bonds is 10. The van der Waals surface area contributed by atoms with Crippen LogP contribution in [-0.4, -0.2) is 27.9 Å². The van der Waals surface area contributed by atoms with Crippen molar-refractivity contribution in [1.82, 2.24) is 15.5 Å². The summed E-state index contributed by atoms with van der Waals surface area (Å²) >= 11 is 1.27. The fourth-order valence-corrected chi connectivity index (χ4v) is 3.13. The second-order valence-electron chi connectivity index (χ2n) is 6.35. The van der Waals surface area contributed by atoms with Gasteiger partial charge in [-0.15, -0.1) is 10.2 Å². The van der Waals surface area contributed by atoms with Crippen molar-refractivity contribution in [1.29, 1.82) is 0 Å². The maximum absolute atomic E-state index is 12.0. The first-order chi connectivity index (χ1) is 12.1. The molecule has 0 fully saturated rings. The zero-order valence-electron chi connectivity index (χ0n) is 15.2. The van der Waals surface area contributed by atoms with Crippen LogP contribution in [0.3, 0.4) is 0 Å². The number of carbonyl (C=O) groups excluding carboxylic acids is 1. The van der Waals surface area contributed by atoms with Crippen molar-refractivity contribution in [2.24, 2.45) is 0 Å². The summed E-state index contributed by atoms with van der Waals surface area (Å²) in [6, 6.07) is 8.10. The third-order valence-electron chi connectivity index (χ3n) is 3.90. The van der Waals surface area contributed by atoms with Crippen LogP contribution in [0.2, 0.25) is 0 Å². The van der Waals surface area contributed by atoms with Crippen LogP contribution in [0.4, 0.5) is 0 Å². The number of hydrogen-bond donors (Lipinski definition) is 1. The summed E-state index contributed by atoms with van der Waals surface area (Å²) in [5, 5.41) is 11.5. The van der Waals surface area contributed by atoms with Gasteiger partial charge in [0.25, 0.3) is 5.22 Å². The molecule has 1 aromatic carbocycles. The Morgan fingerprint density at radius 1 is 1.28 bits per heavy atom. The number of aryl methyl sites for hydroxylation is 1. The number of nitrogens with zero attached hydrogens (tertiary/aromatic N) is 2. The van der Waals surface area contributed by atoms with Gasteiger partial charge in [-0.3, -0.25) is 4.79 Å². The van der Waals surface area contributed by atoms with E-state index in [-0.39, 0.29) is 17.7 Å². The molecule has 0 aliphatic heterocycles. The van der Waals surface area contributed by atoms with Gasteiger partial charge in [-0.2, -0.15) is 0 Å². The quantitative estimate of drug-likeness (QED) is 0.494. The van der Waals surface area contributed by atoms with Crippen molar-refractivity contribution in [3.63, 3.8) is 0 Å². The fraction of sp³-hybridized carbons (Fsp3) is 0.526. The van der Waals surface area contributed by atoms with E-state index in [2.05, 4.69) is 29.4 Å². The largest absolute Gasteiger partial charge is 0.411 e. The fourth-order valence-electron chi connectivity index (χ4n) is 2.56. The van der Waals surface area contributed by atoms with E-state index in [1.165, 1.54) is 31.0 Å². The predicted molar refractivity (Wildman–Crippen MR) is 102 cm³/mol. The lowest BCUT2D eigenvalue weighted by molar-refractivity contribution is -0.119. The Balaban J connectivity index is 1.75. The molecule has 1 heterocycles. The maximum Gasteiger partial charge on any atom is 0.277 e. The molecule has 2 aromatic rings. The normalized spacial score (nSPS) is 12.1. The summed E-state index contributed by atoms with van der Waals surface area (Å²) in [6.45, 7) is 6.27. The first kappa shape index (κ1) is 19.5. The van der Waals surface area contributed by atoms with Crippen LogP contribution in [0.15, 0.2) is 33.9 Å². The van der Waals surface area contributed by atoms with Crippen LogP contribution in [0, 0.1) is 6.92 Å². The molecule has 2 rings (SSSR count). The predicted octanol–water partition coefficient (Wildman–Crippen LogP) is 4.61. The monoisotopic (exact) mass is 361 g/mol.